The smallest absolute Gasteiger partial charge is 0.0630 e. The van der Waals surface area contributed by atoms with Crippen LogP contribution >= 0.6 is 0 Å². The fourth-order valence-corrected chi connectivity index (χ4v) is 2.17. The third-order valence-electron chi connectivity index (χ3n) is 3.44. The van der Waals surface area contributed by atoms with Crippen molar-refractivity contribution in [1.82, 2.24) is 15.1 Å². The number of rotatable bonds is 11. The summed E-state index contributed by atoms with van der Waals surface area (Å²) in [5.74, 6) is 0. The average molecular weight is 257 g/mol. The first-order valence-corrected chi connectivity index (χ1v) is 7.28. The van der Waals surface area contributed by atoms with E-state index >= 15 is 0 Å². The standard InChI is InChI=1S/C14H31N3O/c1-5-8-17(10-9-16(2)3)14(12-18-4)11-15-13-6-7-13/h13-15H,5-12H2,1-4H3. The van der Waals surface area contributed by atoms with Crippen molar-refractivity contribution in [2.75, 3.05) is 54.0 Å². The molecule has 0 aromatic rings. The van der Waals surface area contributed by atoms with E-state index in [1.54, 1.807) is 7.11 Å². The van der Waals surface area contributed by atoms with Gasteiger partial charge in [-0.25, -0.2) is 0 Å². The Kier molecular flexibility index (Phi) is 7.82. The van der Waals surface area contributed by atoms with Crippen LogP contribution in [0.1, 0.15) is 26.2 Å². The minimum absolute atomic E-state index is 0.510. The third kappa shape index (κ3) is 6.69. The van der Waals surface area contributed by atoms with Gasteiger partial charge in [0.15, 0.2) is 0 Å². The monoisotopic (exact) mass is 257 g/mol. The summed E-state index contributed by atoms with van der Waals surface area (Å²) < 4.78 is 5.40. The van der Waals surface area contributed by atoms with Gasteiger partial charge in [0, 0.05) is 38.8 Å². The molecular weight excluding hydrogens is 226 g/mol. The van der Waals surface area contributed by atoms with Gasteiger partial charge < -0.3 is 15.0 Å². The van der Waals surface area contributed by atoms with E-state index in [0.717, 1.165) is 38.8 Å². The molecule has 4 heteroatoms. The second kappa shape index (κ2) is 8.86. The summed E-state index contributed by atoms with van der Waals surface area (Å²) in [4.78, 5) is 4.82. The Morgan fingerprint density at radius 1 is 1.22 bits per heavy atom. The molecule has 0 radical (unpaired) electrons. The highest BCUT2D eigenvalue weighted by atomic mass is 16.5. The van der Waals surface area contributed by atoms with E-state index in [1.807, 2.05) is 0 Å². The van der Waals surface area contributed by atoms with Gasteiger partial charge in [-0.05, 0) is 39.9 Å². The van der Waals surface area contributed by atoms with Crippen molar-refractivity contribution in [3.05, 3.63) is 0 Å². The Morgan fingerprint density at radius 3 is 2.44 bits per heavy atom. The van der Waals surface area contributed by atoms with Gasteiger partial charge in [0.25, 0.3) is 0 Å². The lowest BCUT2D eigenvalue weighted by atomic mass is 10.2. The average Bonchev–Trinajstić information content (AvgIpc) is 3.14. The van der Waals surface area contributed by atoms with Crippen LogP contribution in [-0.2, 0) is 4.74 Å². The number of nitrogens with one attached hydrogen (secondary N) is 1. The Bertz CT molecular complexity index is 193. The SMILES string of the molecule is CCCN(CCN(C)C)C(CNC1CC1)COC. The number of nitrogens with zero attached hydrogens (tertiary/aromatic N) is 2. The van der Waals surface area contributed by atoms with Crippen LogP contribution in [0.5, 0.6) is 0 Å². The van der Waals surface area contributed by atoms with Gasteiger partial charge >= 0.3 is 0 Å². The lowest BCUT2D eigenvalue weighted by Gasteiger charge is -2.32. The maximum Gasteiger partial charge on any atom is 0.0630 e. The summed E-state index contributed by atoms with van der Waals surface area (Å²) in [5, 5.41) is 3.63. The van der Waals surface area contributed by atoms with Crippen LogP contribution in [0, 0.1) is 0 Å². The minimum Gasteiger partial charge on any atom is -0.383 e. The summed E-state index contributed by atoms with van der Waals surface area (Å²) >= 11 is 0. The van der Waals surface area contributed by atoms with Gasteiger partial charge in [0.1, 0.15) is 0 Å². The second-order valence-corrected chi connectivity index (χ2v) is 5.63. The highest BCUT2D eigenvalue weighted by molar-refractivity contribution is 4.84. The van der Waals surface area contributed by atoms with Crippen molar-refractivity contribution in [1.29, 1.82) is 0 Å². The van der Waals surface area contributed by atoms with Crippen molar-refractivity contribution in [3.8, 4) is 0 Å². The van der Waals surface area contributed by atoms with Crippen LogP contribution in [0.4, 0.5) is 0 Å². The van der Waals surface area contributed by atoms with Gasteiger partial charge in [-0.2, -0.15) is 0 Å². The molecule has 4 nitrogen and oxygen atoms in total. The molecule has 1 unspecified atom stereocenters. The van der Waals surface area contributed by atoms with Crippen LogP contribution in [0.25, 0.3) is 0 Å². The Hall–Kier alpha value is -0.160. The lowest BCUT2D eigenvalue weighted by molar-refractivity contribution is 0.0841. The molecule has 0 heterocycles. The second-order valence-electron chi connectivity index (χ2n) is 5.63. The molecule has 0 aromatic heterocycles. The van der Waals surface area contributed by atoms with E-state index in [0.29, 0.717) is 6.04 Å². The highest BCUT2D eigenvalue weighted by Gasteiger charge is 2.24. The molecule has 0 aromatic carbocycles. The molecule has 0 amide bonds. The quantitative estimate of drug-likeness (QED) is 0.598. The minimum atomic E-state index is 0.510. The molecule has 0 bridgehead atoms. The largest absolute Gasteiger partial charge is 0.383 e. The van der Waals surface area contributed by atoms with Gasteiger partial charge in [-0.15, -0.1) is 0 Å². The van der Waals surface area contributed by atoms with Crippen LogP contribution < -0.4 is 5.32 Å². The van der Waals surface area contributed by atoms with E-state index < -0.39 is 0 Å². The molecule has 108 valence electrons. The first-order valence-electron chi connectivity index (χ1n) is 7.28. The van der Waals surface area contributed by atoms with Gasteiger partial charge in [0.05, 0.1) is 6.61 Å². The Morgan fingerprint density at radius 2 is 1.94 bits per heavy atom. The molecule has 18 heavy (non-hydrogen) atoms. The third-order valence-corrected chi connectivity index (χ3v) is 3.44. The first-order chi connectivity index (χ1) is 8.67. The highest BCUT2D eigenvalue weighted by Crippen LogP contribution is 2.18. The van der Waals surface area contributed by atoms with E-state index in [2.05, 4.69) is 36.1 Å². The predicted molar refractivity (Wildman–Crippen MR) is 77.1 cm³/mol. The predicted octanol–water partition coefficient (Wildman–Crippen LogP) is 1.03. The van der Waals surface area contributed by atoms with Gasteiger partial charge in [0.2, 0.25) is 0 Å². The first kappa shape index (κ1) is 15.9. The number of likely N-dealkylation sites (N-methyl/N-ethyl adjacent to an activating group) is 1. The fraction of sp³-hybridized carbons (Fsp3) is 1.00. The van der Waals surface area contributed by atoms with Crippen molar-refractivity contribution >= 4 is 0 Å². The molecule has 1 saturated carbocycles. The molecule has 1 rings (SSSR count). The topological polar surface area (TPSA) is 27.7 Å². The zero-order chi connectivity index (χ0) is 13.4. The van der Waals surface area contributed by atoms with Crippen molar-refractivity contribution in [2.45, 2.75) is 38.3 Å². The van der Waals surface area contributed by atoms with Crippen molar-refractivity contribution in [2.24, 2.45) is 0 Å². The molecule has 1 N–H and O–H groups in total. The number of methoxy groups -OCH3 is 1. The maximum atomic E-state index is 5.40. The normalized spacial score (nSPS) is 17.7. The molecule has 0 saturated heterocycles. The molecule has 1 fully saturated rings. The summed E-state index contributed by atoms with van der Waals surface area (Å²) in [6.07, 6.45) is 3.91. The summed E-state index contributed by atoms with van der Waals surface area (Å²) in [6, 6.07) is 1.29. The molecule has 1 atom stereocenters. The Balaban J connectivity index is 2.39. The number of ether oxygens (including phenoxy) is 1. The molecule has 0 aliphatic heterocycles. The van der Waals surface area contributed by atoms with Crippen molar-refractivity contribution < 1.29 is 4.74 Å². The fourth-order valence-electron chi connectivity index (χ4n) is 2.17. The van der Waals surface area contributed by atoms with E-state index in [9.17, 15) is 0 Å². The van der Waals surface area contributed by atoms with Crippen molar-refractivity contribution in [3.63, 3.8) is 0 Å². The Labute approximate surface area is 113 Å². The van der Waals surface area contributed by atoms with Crippen LogP contribution in [0.3, 0.4) is 0 Å². The zero-order valence-electron chi connectivity index (χ0n) is 12.6. The maximum absolute atomic E-state index is 5.40. The number of hydrogen-bond donors (Lipinski definition) is 1. The molecule has 1 aliphatic rings. The molecule has 0 spiro atoms. The van der Waals surface area contributed by atoms with E-state index in [-0.39, 0.29) is 0 Å². The summed E-state index contributed by atoms with van der Waals surface area (Å²) in [7, 11) is 6.08. The number of hydrogen-bond acceptors (Lipinski definition) is 4. The summed E-state index contributed by atoms with van der Waals surface area (Å²) in [6.45, 7) is 7.54. The van der Waals surface area contributed by atoms with E-state index in [1.165, 1.54) is 19.3 Å². The van der Waals surface area contributed by atoms with Gasteiger partial charge in [-0.1, -0.05) is 6.92 Å². The van der Waals surface area contributed by atoms with Crippen LogP contribution in [0.15, 0.2) is 0 Å². The van der Waals surface area contributed by atoms with Crippen LogP contribution in [-0.4, -0.2) is 75.9 Å². The lowest BCUT2D eigenvalue weighted by Crippen LogP contribution is -2.48. The molecule has 1 aliphatic carbocycles. The van der Waals surface area contributed by atoms with E-state index in [4.69, 9.17) is 4.74 Å². The summed E-state index contributed by atoms with van der Waals surface area (Å²) in [5.41, 5.74) is 0. The van der Waals surface area contributed by atoms with Gasteiger partial charge in [-0.3, -0.25) is 4.90 Å². The zero-order valence-corrected chi connectivity index (χ0v) is 12.6. The molecular formula is C14H31N3O. The van der Waals surface area contributed by atoms with Crippen LogP contribution in [0.2, 0.25) is 0 Å².